The minimum Gasteiger partial charge on any atom is -0.497 e. The molecule has 1 saturated heterocycles. The maximum absolute atomic E-state index is 15.1. The van der Waals surface area contributed by atoms with Crippen LogP contribution < -0.4 is 38.6 Å². The number of hydrogen-bond donors (Lipinski definition) is 1. The van der Waals surface area contributed by atoms with E-state index in [1.54, 1.807) is 61.7 Å². The van der Waals surface area contributed by atoms with Crippen molar-refractivity contribution in [2.75, 3.05) is 65.4 Å². The first-order chi connectivity index (χ1) is 23.3. The third kappa shape index (κ3) is 8.34. The van der Waals surface area contributed by atoms with Crippen molar-refractivity contribution >= 4 is 23.5 Å². The smallest absolute Gasteiger partial charge is 0.421 e. The number of hydrogen-bond acceptors (Lipinski definition) is 11. The molecule has 1 aliphatic heterocycles. The molecule has 3 aromatic carbocycles. The highest BCUT2D eigenvalue weighted by molar-refractivity contribution is 5.89. The number of para-hydroxylation sites is 1. The first-order valence-electron chi connectivity index (χ1n) is 15.4. The number of ether oxygens (including phenoxy) is 6. The molecule has 4 aromatic rings. The van der Waals surface area contributed by atoms with Crippen molar-refractivity contribution in [3.05, 3.63) is 78.2 Å². The van der Waals surface area contributed by atoms with Crippen LogP contribution in [0.25, 0.3) is 0 Å². The molecule has 1 amide bonds. The molecular weight excluding hydrogens is 621 g/mol. The van der Waals surface area contributed by atoms with Crippen LogP contribution in [0.5, 0.6) is 34.5 Å². The van der Waals surface area contributed by atoms with Crippen LogP contribution in [0.3, 0.4) is 0 Å². The Balaban J connectivity index is 1.40. The number of rotatable bonds is 13. The fourth-order valence-corrected chi connectivity index (χ4v) is 5.48. The van der Waals surface area contributed by atoms with Gasteiger partial charge in [0.05, 0.1) is 41.6 Å². The zero-order valence-corrected chi connectivity index (χ0v) is 27.7. The lowest BCUT2D eigenvalue weighted by molar-refractivity contribution is 0.147. The fraction of sp³-hybridized carbons (Fsp3) is 0.343. The zero-order chi connectivity index (χ0) is 34.0. The molecule has 2 heterocycles. The lowest BCUT2D eigenvalue weighted by Gasteiger charge is -2.29. The van der Waals surface area contributed by atoms with Crippen LogP contribution in [-0.2, 0) is 6.54 Å². The number of methoxy groups -OCH3 is 4. The van der Waals surface area contributed by atoms with Gasteiger partial charge in [-0.1, -0.05) is 6.07 Å². The van der Waals surface area contributed by atoms with Gasteiger partial charge in [0.25, 0.3) is 0 Å². The summed E-state index contributed by atoms with van der Waals surface area (Å²) >= 11 is 0. The van der Waals surface area contributed by atoms with Gasteiger partial charge in [0.15, 0.2) is 23.1 Å². The summed E-state index contributed by atoms with van der Waals surface area (Å²) in [6.07, 6.45) is 2.85. The number of halogens is 1. The van der Waals surface area contributed by atoms with Crippen molar-refractivity contribution in [3.63, 3.8) is 0 Å². The largest absolute Gasteiger partial charge is 0.497 e. The summed E-state index contributed by atoms with van der Waals surface area (Å²) in [5, 5.41) is 3.02. The monoisotopic (exact) mass is 661 g/mol. The molecule has 0 radical (unpaired) electrons. The van der Waals surface area contributed by atoms with Crippen LogP contribution in [0.15, 0.2) is 66.9 Å². The summed E-state index contributed by atoms with van der Waals surface area (Å²) in [4.78, 5) is 26.4. The van der Waals surface area contributed by atoms with E-state index in [1.165, 1.54) is 38.5 Å². The normalized spacial score (nSPS) is 14.5. The fourth-order valence-electron chi connectivity index (χ4n) is 5.48. The molecule has 12 nitrogen and oxygen atoms in total. The van der Waals surface area contributed by atoms with Crippen molar-refractivity contribution in [2.45, 2.75) is 19.4 Å². The number of nitrogens with zero attached hydrogens (tertiary/aromatic N) is 4. The van der Waals surface area contributed by atoms with Gasteiger partial charge in [-0.3, -0.25) is 4.90 Å². The van der Waals surface area contributed by atoms with Crippen LogP contribution in [0.4, 0.5) is 26.6 Å². The van der Waals surface area contributed by atoms with E-state index in [0.29, 0.717) is 46.8 Å². The number of anilines is 3. The van der Waals surface area contributed by atoms with Gasteiger partial charge in [-0.05, 0) is 75.0 Å². The maximum Gasteiger partial charge on any atom is 0.421 e. The number of piperidine rings is 1. The second-order valence-electron chi connectivity index (χ2n) is 11.2. The molecule has 0 spiro atoms. The molecule has 1 aromatic heterocycles. The quantitative estimate of drug-likeness (QED) is 0.174. The Morgan fingerprint density at radius 3 is 2.40 bits per heavy atom. The Kier molecular flexibility index (Phi) is 11.4. The van der Waals surface area contributed by atoms with Crippen molar-refractivity contribution in [1.82, 2.24) is 14.9 Å². The summed E-state index contributed by atoms with van der Waals surface area (Å²) in [5.74, 6) is 2.10. The second kappa shape index (κ2) is 16.0. The summed E-state index contributed by atoms with van der Waals surface area (Å²) in [6, 6.07) is 16.4. The van der Waals surface area contributed by atoms with Crippen molar-refractivity contribution in [3.8, 4) is 34.5 Å². The predicted molar refractivity (Wildman–Crippen MR) is 179 cm³/mol. The van der Waals surface area contributed by atoms with E-state index in [1.807, 2.05) is 0 Å². The predicted octanol–water partition coefficient (Wildman–Crippen LogP) is 6.32. The lowest BCUT2D eigenvalue weighted by Crippen LogP contribution is -2.34. The van der Waals surface area contributed by atoms with Crippen LogP contribution in [-0.4, -0.2) is 76.1 Å². The first kappa shape index (κ1) is 34.0. The van der Waals surface area contributed by atoms with Crippen LogP contribution in [0.1, 0.15) is 18.4 Å². The van der Waals surface area contributed by atoms with E-state index in [2.05, 4.69) is 27.2 Å². The van der Waals surface area contributed by atoms with E-state index in [0.717, 1.165) is 25.9 Å². The van der Waals surface area contributed by atoms with Gasteiger partial charge in [0.1, 0.15) is 17.3 Å². The van der Waals surface area contributed by atoms with Gasteiger partial charge in [-0.25, -0.2) is 14.2 Å². The van der Waals surface area contributed by atoms with Crippen LogP contribution >= 0.6 is 0 Å². The number of aromatic nitrogens is 2. The Hall–Kier alpha value is -5.30. The Labute approximate surface area is 279 Å². The molecule has 254 valence electrons. The number of amides is 1. The highest BCUT2D eigenvalue weighted by Gasteiger charge is 2.26. The number of nitrogens with one attached hydrogen (secondary N) is 1. The minimum absolute atomic E-state index is 0.0232. The van der Waals surface area contributed by atoms with Crippen molar-refractivity contribution in [2.24, 2.45) is 5.92 Å². The highest BCUT2D eigenvalue weighted by atomic mass is 19.1. The molecule has 13 heteroatoms. The number of likely N-dealkylation sites (tertiary alicyclic amines) is 1. The van der Waals surface area contributed by atoms with Gasteiger partial charge in [-0.2, -0.15) is 4.98 Å². The third-order valence-electron chi connectivity index (χ3n) is 7.91. The lowest BCUT2D eigenvalue weighted by atomic mass is 10.00. The highest BCUT2D eigenvalue weighted by Crippen LogP contribution is 2.38. The molecule has 1 N–H and O–H groups in total. The molecule has 48 heavy (non-hydrogen) atoms. The molecule has 0 saturated carbocycles. The molecule has 5 rings (SSSR count). The summed E-state index contributed by atoms with van der Waals surface area (Å²) in [5.41, 5.74) is 1.02. The van der Waals surface area contributed by atoms with E-state index in [-0.39, 0.29) is 29.8 Å². The topological polar surface area (TPSA) is 117 Å². The Morgan fingerprint density at radius 2 is 1.71 bits per heavy atom. The van der Waals surface area contributed by atoms with Gasteiger partial charge >= 0.3 is 6.09 Å². The summed E-state index contributed by atoms with van der Waals surface area (Å²) < 4.78 is 48.6. The average Bonchev–Trinajstić information content (AvgIpc) is 3.10. The van der Waals surface area contributed by atoms with E-state index < -0.39 is 11.9 Å². The van der Waals surface area contributed by atoms with E-state index in [4.69, 9.17) is 28.4 Å². The number of carbonyl (C=O) groups is 1. The molecular formula is C35H40FN5O7. The summed E-state index contributed by atoms with van der Waals surface area (Å²) in [7, 11) is 8.09. The Bertz CT molecular complexity index is 1690. The Morgan fingerprint density at radius 1 is 0.958 bits per heavy atom. The third-order valence-corrected chi connectivity index (χ3v) is 7.91. The zero-order valence-electron chi connectivity index (χ0n) is 27.7. The summed E-state index contributed by atoms with van der Waals surface area (Å²) in [6.45, 7) is 2.42. The van der Waals surface area contributed by atoms with Gasteiger partial charge < -0.3 is 38.6 Å². The molecule has 1 aliphatic rings. The van der Waals surface area contributed by atoms with E-state index in [9.17, 15) is 4.79 Å². The van der Waals surface area contributed by atoms with Gasteiger partial charge in [0, 0.05) is 36.0 Å². The first-order valence-corrected chi connectivity index (χ1v) is 15.4. The van der Waals surface area contributed by atoms with Crippen LogP contribution in [0.2, 0.25) is 0 Å². The number of carbonyl (C=O) groups excluding carboxylic acids is 1. The van der Waals surface area contributed by atoms with E-state index >= 15 is 4.39 Å². The SMILES string of the molecule is COc1ccc(OC)c(CN(C(=O)Oc2c(OC)cccc2OC)c2ccnc(Nc3ccc(OCC4CCCN(C)C4)c(F)c3)n2)c1. The molecule has 1 unspecified atom stereocenters. The van der Waals surface area contributed by atoms with Crippen molar-refractivity contribution < 1.29 is 37.6 Å². The van der Waals surface area contributed by atoms with Gasteiger partial charge in [-0.15, -0.1) is 0 Å². The molecule has 0 bridgehead atoms. The second-order valence-corrected chi connectivity index (χ2v) is 11.2. The van der Waals surface area contributed by atoms with Gasteiger partial charge in [0.2, 0.25) is 11.7 Å². The standard InChI is InChI=1S/C35H40FN5O7/c1-40-17-7-8-23(20-40)22-47-29-13-11-25(19-27(29)36)38-34-37-16-15-32(39-34)41(21-24-18-26(43-2)12-14-28(24)44-3)35(42)48-33-30(45-4)9-6-10-31(33)46-5/h6,9-16,18-19,23H,7-8,17,20-22H2,1-5H3,(H,37,38,39). The molecule has 0 aliphatic carbocycles. The van der Waals surface area contributed by atoms with Crippen LogP contribution in [0, 0.1) is 11.7 Å². The molecule has 1 atom stereocenters. The molecule has 1 fully saturated rings. The minimum atomic E-state index is -0.788. The number of benzene rings is 3. The van der Waals surface area contributed by atoms with Crippen molar-refractivity contribution in [1.29, 1.82) is 0 Å². The average molecular weight is 662 g/mol. The maximum atomic E-state index is 15.1.